The lowest BCUT2D eigenvalue weighted by molar-refractivity contribution is -0.124. The number of anilines is 1. The Morgan fingerprint density at radius 1 is 1.42 bits per heavy atom. The van der Waals surface area contributed by atoms with E-state index in [0.717, 1.165) is 12.8 Å². The van der Waals surface area contributed by atoms with Gasteiger partial charge in [-0.05, 0) is 44.4 Å². The molecule has 2 rings (SSSR count). The van der Waals surface area contributed by atoms with E-state index in [4.69, 9.17) is 16.3 Å². The topological polar surface area (TPSA) is 70.7 Å². The maximum absolute atomic E-state index is 12.4. The average Bonchev–Trinajstić information content (AvgIpc) is 3.04. The quantitative estimate of drug-likeness (QED) is 0.740. The summed E-state index contributed by atoms with van der Waals surface area (Å²) in [7, 11) is 0. The number of benzene rings is 1. The van der Waals surface area contributed by atoms with Gasteiger partial charge in [0, 0.05) is 37.0 Å². The Kier molecular flexibility index (Phi) is 7.34. The molecule has 3 amide bonds. The maximum Gasteiger partial charge on any atom is 0.322 e. The van der Waals surface area contributed by atoms with Crippen molar-refractivity contribution in [2.75, 3.05) is 31.6 Å². The average molecular weight is 354 g/mol. The van der Waals surface area contributed by atoms with Gasteiger partial charge in [0.1, 0.15) is 6.04 Å². The molecule has 7 heteroatoms. The minimum absolute atomic E-state index is 0.106. The summed E-state index contributed by atoms with van der Waals surface area (Å²) >= 11 is 5.92. The van der Waals surface area contributed by atoms with Gasteiger partial charge in [-0.25, -0.2) is 4.79 Å². The van der Waals surface area contributed by atoms with Crippen LogP contribution in [0.4, 0.5) is 10.5 Å². The molecule has 24 heavy (non-hydrogen) atoms. The lowest BCUT2D eigenvalue weighted by Crippen LogP contribution is -2.47. The molecule has 132 valence electrons. The zero-order valence-corrected chi connectivity index (χ0v) is 14.6. The van der Waals surface area contributed by atoms with Crippen LogP contribution in [-0.4, -0.2) is 49.2 Å². The molecule has 1 aromatic rings. The predicted octanol–water partition coefficient (Wildman–Crippen LogP) is 2.88. The Bertz CT molecular complexity index is 568. The van der Waals surface area contributed by atoms with Crippen LogP contribution in [0.15, 0.2) is 24.3 Å². The first-order chi connectivity index (χ1) is 11.6. The van der Waals surface area contributed by atoms with Crippen molar-refractivity contribution in [3.05, 3.63) is 29.3 Å². The Labute approximate surface area is 147 Å². The summed E-state index contributed by atoms with van der Waals surface area (Å²) in [5, 5.41) is 6.23. The lowest BCUT2D eigenvalue weighted by Gasteiger charge is -2.24. The van der Waals surface area contributed by atoms with Crippen molar-refractivity contribution >= 4 is 29.2 Å². The van der Waals surface area contributed by atoms with E-state index in [9.17, 15) is 9.59 Å². The van der Waals surface area contributed by atoms with E-state index in [1.165, 1.54) is 0 Å². The number of hydrogen-bond acceptors (Lipinski definition) is 3. The Hall–Kier alpha value is -1.79. The number of nitrogens with zero attached hydrogens (tertiary/aromatic N) is 1. The van der Waals surface area contributed by atoms with Crippen molar-refractivity contribution in [3.63, 3.8) is 0 Å². The predicted molar refractivity (Wildman–Crippen MR) is 94.3 cm³/mol. The van der Waals surface area contributed by atoms with Crippen molar-refractivity contribution in [1.29, 1.82) is 0 Å². The van der Waals surface area contributed by atoms with Crippen molar-refractivity contribution in [2.45, 2.75) is 32.2 Å². The van der Waals surface area contributed by atoms with Gasteiger partial charge in [-0.1, -0.05) is 17.7 Å². The number of likely N-dealkylation sites (tertiary alicyclic amines) is 1. The number of rotatable bonds is 7. The largest absolute Gasteiger partial charge is 0.382 e. The summed E-state index contributed by atoms with van der Waals surface area (Å²) in [5.74, 6) is -0.106. The van der Waals surface area contributed by atoms with Gasteiger partial charge < -0.3 is 20.3 Å². The maximum atomic E-state index is 12.4. The Morgan fingerprint density at radius 2 is 2.25 bits per heavy atom. The molecule has 2 N–H and O–H groups in total. The molecule has 0 bridgehead atoms. The lowest BCUT2D eigenvalue weighted by atomic mass is 10.2. The Morgan fingerprint density at radius 3 is 3.00 bits per heavy atom. The molecule has 0 aromatic heterocycles. The van der Waals surface area contributed by atoms with Gasteiger partial charge in [0.2, 0.25) is 5.91 Å². The van der Waals surface area contributed by atoms with E-state index in [0.29, 0.717) is 43.4 Å². The monoisotopic (exact) mass is 353 g/mol. The number of carbonyl (C=O) groups is 2. The molecule has 0 spiro atoms. The standard InChI is InChI=1S/C17H24ClN3O3/c1-2-24-11-5-9-19-16(22)15-8-4-10-21(15)17(23)20-14-7-3-6-13(18)12-14/h3,6-7,12,15H,2,4-5,8-11H2,1H3,(H,19,22)(H,20,23)/t15-/m0/s1. The van der Waals surface area contributed by atoms with Crippen molar-refractivity contribution in [2.24, 2.45) is 0 Å². The highest BCUT2D eigenvalue weighted by Crippen LogP contribution is 2.20. The summed E-state index contributed by atoms with van der Waals surface area (Å²) in [4.78, 5) is 26.3. The summed E-state index contributed by atoms with van der Waals surface area (Å²) in [5.41, 5.74) is 0.621. The number of amides is 3. The molecular formula is C17H24ClN3O3. The van der Waals surface area contributed by atoms with Crippen molar-refractivity contribution in [1.82, 2.24) is 10.2 Å². The fourth-order valence-electron chi connectivity index (χ4n) is 2.69. The third kappa shape index (κ3) is 5.39. The molecule has 1 heterocycles. The minimum atomic E-state index is -0.420. The second-order valence-electron chi connectivity index (χ2n) is 5.63. The van der Waals surface area contributed by atoms with Gasteiger partial charge in [-0.2, -0.15) is 0 Å². The van der Waals surface area contributed by atoms with Gasteiger partial charge in [0.25, 0.3) is 0 Å². The van der Waals surface area contributed by atoms with Crippen LogP contribution in [0, 0.1) is 0 Å². The number of hydrogen-bond donors (Lipinski definition) is 2. The van der Waals surface area contributed by atoms with Crippen LogP contribution in [0.3, 0.4) is 0 Å². The number of ether oxygens (including phenoxy) is 1. The van der Waals surface area contributed by atoms with Gasteiger partial charge in [0.15, 0.2) is 0 Å². The highest BCUT2D eigenvalue weighted by Gasteiger charge is 2.33. The summed E-state index contributed by atoms with van der Waals surface area (Å²) in [6.45, 7) is 4.37. The van der Waals surface area contributed by atoms with Crippen LogP contribution in [-0.2, 0) is 9.53 Å². The normalized spacial score (nSPS) is 16.9. The third-order valence-corrected chi connectivity index (χ3v) is 4.10. The molecule has 1 saturated heterocycles. The van der Waals surface area contributed by atoms with Crippen LogP contribution in [0.5, 0.6) is 0 Å². The van der Waals surface area contributed by atoms with E-state index in [-0.39, 0.29) is 11.9 Å². The van der Waals surface area contributed by atoms with Crippen LogP contribution in [0.1, 0.15) is 26.2 Å². The molecule has 1 atom stereocenters. The van der Waals surface area contributed by atoms with Gasteiger partial charge >= 0.3 is 6.03 Å². The first-order valence-electron chi connectivity index (χ1n) is 8.30. The molecule has 0 aliphatic carbocycles. The van der Waals surface area contributed by atoms with E-state index in [2.05, 4.69) is 10.6 Å². The van der Waals surface area contributed by atoms with Gasteiger partial charge in [-0.15, -0.1) is 0 Å². The van der Waals surface area contributed by atoms with Crippen LogP contribution in [0.2, 0.25) is 5.02 Å². The summed E-state index contributed by atoms with van der Waals surface area (Å²) in [6.07, 6.45) is 2.27. The van der Waals surface area contributed by atoms with Gasteiger partial charge in [-0.3, -0.25) is 4.79 Å². The molecule has 6 nitrogen and oxygen atoms in total. The molecule has 1 fully saturated rings. The third-order valence-electron chi connectivity index (χ3n) is 3.86. The molecule has 0 unspecified atom stereocenters. The molecule has 0 saturated carbocycles. The molecule has 1 aromatic carbocycles. The molecule has 0 radical (unpaired) electrons. The fourth-order valence-corrected chi connectivity index (χ4v) is 2.88. The van der Waals surface area contributed by atoms with E-state index in [1.807, 2.05) is 6.92 Å². The number of carbonyl (C=O) groups excluding carboxylic acids is 2. The smallest absolute Gasteiger partial charge is 0.322 e. The summed E-state index contributed by atoms with van der Waals surface area (Å²) in [6, 6.07) is 6.26. The highest BCUT2D eigenvalue weighted by atomic mass is 35.5. The molecule has 1 aliphatic heterocycles. The summed E-state index contributed by atoms with van der Waals surface area (Å²) < 4.78 is 5.24. The Balaban J connectivity index is 1.85. The van der Waals surface area contributed by atoms with Crippen LogP contribution < -0.4 is 10.6 Å². The van der Waals surface area contributed by atoms with Crippen molar-refractivity contribution < 1.29 is 14.3 Å². The fraction of sp³-hybridized carbons (Fsp3) is 0.529. The van der Waals surface area contributed by atoms with Crippen LogP contribution >= 0.6 is 11.6 Å². The minimum Gasteiger partial charge on any atom is -0.382 e. The molecular weight excluding hydrogens is 330 g/mol. The first-order valence-corrected chi connectivity index (χ1v) is 8.68. The number of urea groups is 1. The van der Waals surface area contributed by atoms with Crippen LogP contribution in [0.25, 0.3) is 0 Å². The SMILES string of the molecule is CCOCCCNC(=O)[C@@H]1CCCN1C(=O)Nc1cccc(Cl)c1. The van der Waals surface area contributed by atoms with E-state index >= 15 is 0 Å². The number of nitrogens with one attached hydrogen (secondary N) is 2. The second-order valence-corrected chi connectivity index (χ2v) is 6.07. The zero-order valence-electron chi connectivity index (χ0n) is 13.9. The van der Waals surface area contributed by atoms with E-state index in [1.54, 1.807) is 29.2 Å². The van der Waals surface area contributed by atoms with E-state index < -0.39 is 6.04 Å². The van der Waals surface area contributed by atoms with Crippen molar-refractivity contribution in [3.8, 4) is 0 Å². The highest BCUT2D eigenvalue weighted by molar-refractivity contribution is 6.30. The first kappa shape index (κ1) is 18.5. The number of halogens is 1. The zero-order chi connectivity index (χ0) is 17.4. The second kappa shape index (κ2) is 9.49. The molecule has 1 aliphatic rings. The van der Waals surface area contributed by atoms with Gasteiger partial charge in [0.05, 0.1) is 0 Å².